The molecule has 1 N–H and O–H groups in total. The highest BCUT2D eigenvalue weighted by Crippen LogP contribution is 2.27. The van der Waals surface area contributed by atoms with E-state index in [1.165, 1.54) is 11.1 Å². The van der Waals surface area contributed by atoms with Crippen LogP contribution in [-0.4, -0.2) is 16.1 Å². The van der Waals surface area contributed by atoms with E-state index in [0.29, 0.717) is 6.61 Å². The van der Waals surface area contributed by atoms with Crippen LogP contribution in [0.4, 0.5) is 0 Å². The fourth-order valence-electron chi connectivity index (χ4n) is 2.27. The summed E-state index contributed by atoms with van der Waals surface area (Å²) >= 11 is 0. The molecule has 0 radical (unpaired) electrons. The van der Waals surface area contributed by atoms with Crippen molar-refractivity contribution in [3.05, 3.63) is 47.5 Å². The smallest absolute Gasteiger partial charge is 0.146 e. The van der Waals surface area contributed by atoms with Gasteiger partial charge >= 0.3 is 0 Å². The summed E-state index contributed by atoms with van der Waals surface area (Å²) in [6.45, 7) is 7.93. The molecular weight excluding hydrogens is 262 g/mol. The number of nitrogens with zero attached hydrogens (tertiary/aromatic N) is 2. The van der Waals surface area contributed by atoms with E-state index in [4.69, 9.17) is 4.74 Å². The van der Waals surface area contributed by atoms with Gasteiger partial charge in [-0.2, -0.15) is 0 Å². The minimum Gasteiger partial charge on any atom is -0.485 e. The van der Waals surface area contributed by atoms with Gasteiger partial charge in [-0.15, -0.1) is 0 Å². The molecule has 0 amide bonds. The zero-order valence-electron chi connectivity index (χ0n) is 13.4. The van der Waals surface area contributed by atoms with Crippen molar-refractivity contribution in [2.24, 2.45) is 7.05 Å². The number of hydrogen-bond acceptors (Lipinski definition) is 3. The van der Waals surface area contributed by atoms with Crippen LogP contribution in [0.15, 0.2) is 30.6 Å². The molecule has 1 aromatic carbocycles. The molecule has 1 heterocycles. The Hall–Kier alpha value is -1.81. The summed E-state index contributed by atoms with van der Waals surface area (Å²) in [5, 5.41) is 3.51. The Kier molecular flexibility index (Phi) is 5.39. The summed E-state index contributed by atoms with van der Waals surface area (Å²) in [6.07, 6.45) is 4.85. The molecule has 0 aliphatic rings. The van der Waals surface area contributed by atoms with E-state index >= 15 is 0 Å². The van der Waals surface area contributed by atoms with Crippen molar-refractivity contribution in [2.75, 3.05) is 6.54 Å². The van der Waals surface area contributed by atoms with Gasteiger partial charge in [-0.1, -0.05) is 19.1 Å². The second-order valence-electron chi connectivity index (χ2n) is 5.46. The second kappa shape index (κ2) is 7.27. The lowest BCUT2D eigenvalue weighted by molar-refractivity contribution is 0.286. The average molecular weight is 287 g/mol. The van der Waals surface area contributed by atoms with E-state index in [0.717, 1.165) is 24.5 Å². The lowest BCUT2D eigenvalue weighted by Gasteiger charge is -2.18. The standard InChI is InChI=1S/C17H25N3O/c1-5-8-18-14(3)15-7-6-13(2)11-16(15)21-12-17-19-9-10-20(17)4/h6-7,9-11,14,18H,5,8,12H2,1-4H3. The zero-order chi connectivity index (χ0) is 15.2. The molecule has 4 nitrogen and oxygen atoms in total. The Balaban J connectivity index is 2.13. The molecule has 0 fully saturated rings. The molecular formula is C17H25N3O. The molecule has 0 spiro atoms. The molecule has 1 atom stereocenters. The Morgan fingerprint density at radius 1 is 1.38 bits per heavy atom. The molecule has 114 valence electrons. The quantitative estimate of drug-likeness (QED) is 0.848. The molecule has 2 rings (SSSR count). The van der Waals surface area contributed by atoms with Gasteiger partial charge in [-0.25, -0.2) is 4.98 Å². The maximum Gasteiger partial charge on any atom is 0.146 e. The number of imidazole rings is 1. The van der Waals surface area contributed by atoms with E-state index in [1.54, 1.807) is 6.20 Å². The third kappa shape index (κ3) is 4.08. The minimum absolute atomic E-state index is 0.280. The molecule has 1 unspecified atom stereocenters. The Morgan fingerprint density at radius 3 is 2.86 bits per heavy atom. The predicted molar refractivity (Wildman–Crippen MR) is 85.4 cm³/mol. The van der Waals surface area contributed by atoms with E-state index in [9.17, 15) is 0 Å². The van der Waals surface area contributed by atoms with E-state index < -0.39 is 0 Å². The number of ether oxygens (including phenoxy) is 1. The third-order valence-electron chi connectivity index (χ3n) is 3.61. The largest absolute Gasteiger partial charge is 0.485 e. The number of aryl methyl sites for hydroxylation is 2. The first-order chi connectivity index (χ1) is 10.1. The first-order valence-electron chi connectivity index (χ1n) is 7.54. The van der Waals surface area contributed by atoms with Crippen LogP contribution in [0.1, 0.15) is 43.3 Å². The maximum atomic E-state index is 6.02. The first-order valence-corrected chi connectivity index (χ1v) is 7.54. The minimum atomic E-state index is 0.280. The number of nitrogens with one attached hydrogen (secondary N) is 1. The summed E-state index contributed by atoms with van der Waals surface area (Å²) in [4.78, 5) is 4.30. The highest BCUT2D eigenvalue weighted by Gasteiger charge is 2.12. The van der Waals surface area contributed by atoms with Gasteiger partial charge in [0.2, 0.25) is 0 Å². The second-order valence-corrected chi connectivity index (χ2v) is 5.46. The molecule has 21 heavy (non-hydrogen) atoms. The topological polar surface area (TPSA) is 39.1 Å². The SMILES string of the molecule is CCCNC(C)c1ccc(C)cc1OCc1nccn1C. The Bertz CT molecular complexity index is 577. The number of hydrogen-bond donors (Lipinski definition) is 1. The van der Waals surface area contributed by atoms with Crippen LogP contribution in [-0.2, 0) is 13.7 Å². The van der Waals surface area contributed by atoms with E-state index in [2.05, 4.69) is 49.3 Å². The lowest BCUT2D eigenvalue weighted by atomic mass is 10.0. The van der Waals surface area contributed by atoms with Crippen LogP contribution in [0.3, 0.4) is 0 Å². The third-order valence-corrected chi connectivity index (χ3v) is 3.61. The molecule has 2 aromatic rings. The van der Waals surface area contributed by atoms with Crippen molar-refractivity contribution in [3.63, 3.8) is 0 Å². The molecule has 1 aromatic heterocycles. The Labute approximate surface area is 127 Å². The highest BCUT2D eigenvalue weighted by atomic mass is 16.5. The van der Waals surface area contributed by atoms with Gasteiger partial charge in [-0.05, 0) is 38.4 Å². The van der Waals surface area contributed by atoms with Crippen LogP contribution in [0.25, 0.3) is 0 Å². The fraction of sp³-hybridized carbons (Fsp3) is 0.471. The van der Waals surface area contributed by atoms with Gasteiger partial charge in [0.25, 0.3) is 0 Å². The van der Waals surface area contributed by atoms with Gasteiger partial charge in [0.15, 0.2) is 0 Å². The first kappa shape index (κ1) is 15.6. The van der Waals surface area contributed by atoms with E-state index in [-0.39, 0.29) is 6.04 Å². The van der Waals surface area contributed by atoms with Crippen LogP contribution < -0.4 is 10.1 Å². The number of rotatable bonds is 7. The van der Waals surface area contributed by atoms with Crippen LogP contribution in [0.2, 0.25) is 0 Å². The summed E-state index contributed by atoms with van der Waals surface area (Å²) in [5.74, 6) is 1.87. The van der Waals surface area contributed by atoms with Crippen LogP contribution in [0, 0.1) is 6.92 Å². The molecule has 0 aliphatic heterocycles. The molecule has 0 aliphatic carbocycles. The van der Waals surface area contributed by atoms with Crippen molar-refractivity contribution in [1.29, 1.82) is 0 Å². The van der Waals surface area contributed by atoms with Crippen molar-refractivity contribution >= 4 is 0 Å². The highest BCUT2D eigenvalue weighted by molar-refractivity contribution is 5.39. The molecule has 0 saturated heterocycles. The van der Waals surface area contributed by atoms with Gasteiger partial charge in [0, 0.05) is 31.0 Å². The zero-order valence-corrected chi connectivity index (χ0v) is 13.4. The van der Waals surface area contributed by atoms with Crippen LogP contribution >= 0.6 is 0 Å². The van der Waals surface area contributed by atoms with Crippen molar-refractivity contribution in [2.45, 2.75) is 39.8 Å². The van der Waals surface area contributed by atoms with Crippen LogP contribution in [0.5, 0.6) is 5.75 Å². The summed E-state index contributed by atoms with van der Waals surface area (Å²) in [7, 11) is 1.98. The monoisotopic (exact) mass is 287 g/mol. The van der Waals surface area contributed by atoms with Gasteiger partial charge < -0.3 is 14.6 Å². The number of aromatic nitrogens is 2. The molecule has 0 bridgehead atoms. The summed E-state index contributed by atoms with van der Waals surface area (Å²) in [6, 6.07) is 6.66. The predicted octanol–water partition coefficient (Wildman–Crippen LogP) is 3.37. The molecule has 4 heteroatoms. The van der Waals surface area contributed by atoms with Gasteiger partial charge in [0.1, 0.15) is 18.2 Å². The summed E-state index contributed by atoms with van der Waals surface area (Å²) < 4.78 is 8.00. The maximum absolute atomic E-state index is 6.02. The lowest BCUT2D eigenvalue weighted by Crippen LogP contribution is -2.20. The van der Waals surface area contributed by atoms with E-state index in [1.807, 2.05) is 17.8 Å². The normalized spacial score (nSPS) is 12.4. The summed E-state index contributed by atoms with van der Waals surface area (Å²) in [5.41, 5.74) is 2.40. The van der Waals surface area contributed by atoms with Gasteiger partial charge in [-0.3, -0.25) is 0 Å². The van der Waals surface area contributed by atoms with Crippen molar-refractivity contribution in [1.82, 2.24) is 14.9 Å². The average Bonchev–Trinajstić information content (AvgIpc) is 2.88. The van der Waals surface area contributed by atoms with Crippen molar-refractivity contribution < 1.29 is 4.74 Å². The van der Waals surface area contributed by atoms with Crippen molar-refractivity contribution in [3.8, 4) is 5.75 Å². The fourth-order valence-corrected chi connectivity index (χ4v) is 2.27. The Morgan fingerprint density at radius 2 is 2.19 bits per heavy atom. The number of benzene rings is 1. The van der Waals surface area contributed by atoms with Gasteiger partial charge in [0.05, 0.1) is 0 Å². The molecule has 0 saturated carbocycles.